The standard InChI is InChI=1S/C25H37N3O/c1-17-5-4-6-23(18(17)2)28-9-7-27(8-10-28)19(3)24(29)26-25-14-20-11-21(15-25)13-22(12-20)16-25/h4-6,19-22H,7-16H2,1-3H3,(H,26,29)/t19-,20?,21?,22?,25?/m0/s1. The van der Waals surface area contributed by atoms with Crippen LogP contribution in [-0.4, -0.2) is 48.6 Å². The molecular weight excluding hydrogens is 358 g/mol. The van der Waals surface area contributed by atoms with Crippen molar-refractivity contribution in [3.63, 3.8) is 0 Å². The van der Waals surface area contributed by atoms with E-state index >= 15 is 0 Å². The Kier molecular flexibility index (Phi) is 4.89. The lowest BCUT2D eigenvalue weighted by Crippen LogP contribution is -2.63. The van der Waals surface area contributed by atoms with Gasteiger partial charge in [-0.05, 0) is 94.2 Å². The summed E-state index contributed by atoms with van der Waals surface area (Å²) in [6.45, 7) is 10.4. The second-order valence-corrected chi connectivity index (χ2v) is 10.6. The van der Waals surface area contributed by atoms with Crippen LogP contribution in [0.2, 0.25) is 0 Å². The van der Waals surface area contributed by atoms with E-state index in [2.05, 4.69) is 54.1 Å². The third-order valence-electron chi connectivity index (χ3n) is 8.58. The summed E-state index contributed by atoms with van der Waals surface area (Å²) in [7, 11) is 0. The predicted molar refractivity (Wildman–Crippen MR) is 118 cm³/mol. The Morgan fingerprint density at radius 3 is 2.17 bits per heavy atom. The van der Waals surface area contributed by atoms with Gasteiger partial charge in [-0.15, -0.1) is 0 Å². The number of anilines is 1. The van der Waals surface area contributed by atoms with Crippen molar-refractivity contribution in [3.8, 4) is 0 Å². The molecule has 5 fully saturated rings. The number of benzene rings is 1. The summed E-state index contributed by atoms with van der Waals surface area (Å²) < 4.78 is 0. The van der Waals surface area contributed by atoms with Crippen molar-refractivity contribution in [1.29, 1.82) is 0 Å². The fraction of sp³-hybridized carbons (Fsp3) is 0.720. The van der Waals surface area contributed by atoms with Gasteiger partial charge in [0.1, 0.15) is 0 Å². The molecule has 1 aliphatic heterocycles. The summed E-state index contributed by atoms with van der Waals surface area (Å²) >= 11 is 0. The molecule has 1 heterocycles. The van der Waals surface area contributed by atoms with E-state index < -0.39 is 0 Å². The minimum absolute atomic E-state index is 0.0243. The summed E-state index contributed by atoms with van der Waals surface area (Å²) in [5.74, 6) is 2.89. The largest absolute Gasteiger partial charge is 0.369 e. The Bertz CT molecular complexity index is 745. The SMILES string of the molecule is Cc1cccc(N2CCN([C@@H](C)C(=O)NC34CC5CC(CC(C5)C3)C4)CC2)c1C. The van der Waals surface area contributed by atoms with Crippen LogP contribution in [0.25, 0.3) is 0 Å². The summed E-state index contributed by atoms with van der Waals surface area (Å²) in [5, 5.41) is 3.59. The summed E-state index contributed by atoms with van der Waals surface area (Å²) in [6.07, 6.45) is 7.97. The lowest BCUT2D eigenvalue weighted by atomic mass is 9.53. The van der Waals surface area contributed by atoms with Crippen molar-refractivity contribution in [1.82, 2.24) is 10.2 Å². The van der Waals surface area contributed by atoms with E-state index in [1.807, 2.05) is 0 Å². The van der Waals surface area contributed by atoms with Gasteiger partial charge in [-0.3, -0.25) is 9.69 Å². The first-order valence-electron chi connectivity index (χ1n) is 11.8. The van der Waals surface area contributed by atoms with E-state index in [1.54, 1.807) is 0 Å². The first kappa shape index (κ1) is 19.4. The van der Waals surface area contributed by atoms with E-state index in [9.17, 15) is 4.79 Å². The Balaban J connectivity index is 1.19. The zero-order valence-electron chi connectivity index (χ0n) is 18.4. The van der Waals surface area contributed by atoms with Crippen molar-refractivity contribution in [2.24, 2.45) is 17.8 Å². The molecule has 4 nitrogen and oxygen atoms in total. The molecule has 0 unspecified atom stereocenters. The number of carbonyl (C=O) groups excluding carboxylic acids is 1. The molecule has 4 aliphatic carbocycles. The normalized spacial score (nSPS) is 35.0. The Hall–Kier alpha value is -1.55. The molecule has 5 aliphatic rings. The first-order chi connectivity index (χ1) is 13.9. The zero-order valence-corrected chi connectivity index (χ0v) is 18.4. The van der Waals surface area contributed by atoms with Crippen LogP contribution < -0.4 is 10.2 Å². The molecule has 1 N–H and O–H groups in total. The highest BCUT2D eigenvalue weighted by Gasteiger charge is 2.51. The molecule has 1 aromatic carbocycles. The molecule has 29 heavy (non-hydrogen) atoms. The van der Waals surface area contributed by atoms with Crippen molar-refractivity contribution in [3.05, 3.63) is 29.3 Å². The molecular formula is C25H37N3O. The van der Waals surface area contributed by atoms with Crippen LogP contribution in [0.4, 0.5) is 5.69 Å². The zero-order chi connectivity index (χ0) is 20.2. The lowest BCUT2D eigenvalue weighted by molar-refractivity contribution is -0.131. The first-order valence-corrected chi connectivity index (χ1v) is 11.8. The molecule has 0 aromatic heterocycles. The van der Waals surface area contributed by atoms with E-state index in [4.69, 9.17) is 0 Å². The quantitative estimate of drug-likeness (QED) is 0.840. The van der Waals surface area contributed by atoms with E-state index in [0.717, 1.165) is 43.9 Å². The van der Waals surface area contributed by atoms with Crippen LogP contribution in [0.5, 0.6) is 0 Å². The average Bonchev–Trinajstić information content (AvgIpc) is 2.68. The Labute approximate surface area is 176 Å². The van der Waals surface area contributed by atoms with Crippen LogP contribution in [0.15, 0.2) is 18.2 Å². The Morgan fingerprint density at radius 2 is 1.59 bits per heavy atom. The molecule has 0 spiro atoms. The molecule has 6 rings (SSSR count). The smallest absolute Gasteiger partial charge is 0.237 e. The van der Waals surface area contributed by atoms with Crippen LogP contribution in [0.3, 0.4) is 0 Å². The molecule has 4 heteroatoms. The summed E-state index contributed by atoms with van der Waals surface area (Å²) in [6, 6.07) is 6.56. The van der Waals surface area contributed by atoms with Gasteiger partial charge in [0.15, 0.2) is 0 Å². The van der Waals surface area contributed by atoms with Gasteiger partial charge in [-0.1, -0.05) is 12.1 Å². The fourth-order valence-corrected chi connectivity index (χ4v) is 7.22. The summed E-state index contributed by atoms with van der Waals surface area (Å²) in [5.41, 5.74) is 4.22. The van der Waals surface area contributed by atoms with Gasteiger partial charge in [0.05, 0.1) is 6.04 Å². The van der Waals surface area contributed by atoms with Crippen molar-refractivity contribution in [2.45, 2.75) is 70.9 Å². The Morgan fingerprint density at radius 1 is 1.00 bits per heavy atom. The lowest BCUT2D eigenvalue weighted by Gasteiger charge is -2.57. The van der Waals surface area contributed by atoms with E-state index in [-0.39, 0.29) is 17.5 Å². The number of nitrogens with one attached hydrogen (secondary N) is 1. The minimum atomic E-state index is -0.0243. The van der Waals surface area contributed by atoms with Crippen molar-refractivity contribution < 1.29 is 4.79 Å². The highest BCUT2D eigenvalue weighted by atomic mass is 16.2. The molecule has 1 saturated heterocycles. The number of piperazine rings is 1. The second kappa shape index (κ2) is 7.30. The highest BCUT2D eigenvalue weighted by molar-refractivity contribution is 5.82. The molecule has 4 bridgehead atoms. The van der Waals surface area contributed by atoms with E-state index in [0.29, 0.717) is 0 Å². The van der Waals surface area contributed by atoms with E-state index in [1.165, 1.54) is 55.3 Å². The third kappa shape index (κ3) is 3.58. The number of hydrogen-bond acceptors (Lipinski definition) is 3. The van der Waals surface area contributed by atoms with Crippen LogP contribution in [-0.2, 0) is 4.79 Å². The van der Waals surface area contributed by atoms with Gasteiger partial charge in [0.25, 0.3) is 0 Å². The number of hydrogen-bond donors (Lipinski definition) is 1. The van der Waals surface area contributed by atoms with Gasteiger partial charge >= 0.3 is 0 Å². The molecule has 1 atom stereocenters. The van der Waals surface area contributed by atoms with Gasteiger partial charge in [-0.25, -0.2) is 0 Å². The number of nitrogens with zero attached hydrogens (tertiary/aromatic N) is 2. The monoisotopic (exact) mass is 395 g/mol. The topological polar surface area (TPSA) is 35.6 Å². The van der Waals surface area contributed by atoms with Gasteiger partial charge in [0.2, 0.25) is 5.91 Å². The fourth-order valence-electron chi connectivity index (χ4n) is 7.22. The summed E-state index contributed by atoms with van der Waals surface area (Å²) in [4.78, 5) is 18.1. The predicted octanol–water partition coefficient (Wildman–Crippen LogP) is 3.90. The van der Waals surface area contributed by atoms with Gasteiger partial charge in [0, 0.05) is 37.4 Å². The minimum Gasteiger partial charge on any atom is -0.369 e. The maximum absolute atomic E-state index is 13.2. The van der Waals surface area contributed by atoms with Crippen molar-refractivity contribution >= 4 is 11.6 Å². The number of amides is 1. The van der Waals surface area contributed by atoms with Crippen molar-refractivity contribution in [2.75, 3.05) is 31.1 Å². The maximum Gasteiger partial charge on any atom is 0.237 e. The number of rotatable bonds is 4. The third-order valence-corrected chi connectivity index (χ3v) is 8.58. The number of carbonyl (C=O) groups is 1. The average molecular weight is 396 g/mol. The molecule has 158 valence electrons. The van der Waals surface area contributed by atoms with Gasteiger partial charge < -0.3 is 10.2 Å². The maximum atomic E-state index is 13.2. The second-order valence-electron chi connectivity index (χ2n) is 10.6. The molecule has 0 radical (unpaired) electrons. The molecule has 4 saturated carbocycles. The molecule has 1 amide bonds. The highest BCUT2D eigenvalue weighted by Crippen LogP contribution is 2.55. The number of aryl methyl sites for hydroxylation is 1. The van der Waals surface area contributed by atoms with Crippen LogP contribution in [0, 0.1) is 31.6 Å². The van der Waals surface area contributed by atoms with Crippen LogP contribution >= 0.6 is 0 Å². The molecule has 1 aromatic rings. The van der Waals surface area contributed by atoms with Gasteiger partial charge in [-0.2, -0.15) is 0 Å². The van der Waals surface area contributed by atoms with Crippen LogP contribution in [0.1, 0.15) is 56.6 Å².